The van der Waals surface area contributed by atoms with Gasteiger partial charge in [-0.3, -0.25) is 14.4 Å². The molecule has 11 heteroatoms. The first-order valence-corrected chi connectivity index (χ1v) is 14.3. The molecule has 0 bridgehead atoms. The zero-order valence-electron chi connectivity index (χ0n) is 22.7. The van der Waals surface area contributed by atoms with Gasteiger partial charge in [-0.25, -0.2) is 4.79 Å². The number of H-pyrrole nitrogens is 1. The molecule has 210 valence electrons. The Labute approximate surface area is 228 Å². The number of aliphatic carboxylic acids is 1. The molecule has 4 atom stereocenters. The molecule has 0 spiro atoms. The standard InChI is InChI=1S/C27H41N5O5S/c1-15(2)12-19(28)24(33)30-21(10-11-38-5)25(34)32-23(16(3)4)26(35)31-22(27(36)37)13-17-14-29-20-9-7-6-8-18(17)20/h6-9,14-16,19,21-23,29H,10-13,28H2,1-5H3,(H,30,33)(H,31,35)(H,32,34)(H,36,37). The number of amides is 3. The van der Waals surface area contributed by atoms with Crippen molar-refractivity contribution in [3.8, 4) is 0 Å². The molecule has 0 radical (unpaired) electrons. The lowest BCUT2D eigenvalue weighted by atomic mass is 10.00. The molecule has 38 heavy (non-hydrogen) atoms. The molecule has 0 aliphatic heterocycles. The van der Waals surface area contributed by atoms with E-state index in [9.17, 15) is 24.3 Å². The Balaban J connectivity index is 2.13. The molecule has 2 aromatic rings. The first kappa shape index (κ1) is 31.2. The molecule has 10 nitrogen and oxygen atoms in total. The van der Waals surface area contributed by atoms with Crippen LogP contribution in [-0.4, -0.2) is 70.0 Å². The number of carbonyl (C=O) groups is 4. The van der Waals surface area contributed by atoms with Gasteiger partial charge < -0.3 is 31.8 Å². The van der Waals surface area contributed by atoms with Crippen LogP contribution in [0.4, 0.5) is 0 Å². The van der Waals surface area contributed by atoms with Gasteiger partial charge in [-0.15, -0.1) is 0 Å². The minimum absolute atomic E-state index is 0.0734. The van der Waals surface area contributed by atoms with Gasteiger partial charge in [0.05, 0.1) is 6.04 Å². The van der Waals surface area contributed by atoms with Crippen molar-refractivity contribution in [3.63, 3.8) is 0 Å². The average molecular weight is 548 g/mol. The predicted octanol–water partition coefficient (Wildman–Crippen LogP) is 2.03. The van der Waals surface area contributed by atoms with Gasteiger partial charge in [0.2, 0.25) is 17.7 Å². The van der Waals surface area contributed by atoms with E-state index in [1.807, 2.05) is 44.4 Å². The summed E-state index contributed by atoms with van der Waals surface area (Å²) in [6.45, 7) is 7.43. The smallest absolute Gasteiger partial charge is 0.326 e. The minimum Gasteiger partial charge on any atom is -0.480 e. The maximum Gasteiger partial charge on any atom is 0.326 e. The third kappa shape index (κ3) is 9.05. The van der Waals surface area contributed by atoms with Crippen molar-refractivity contribution in [3.05, 3.63) is 36.0 Å². The number of thioether (sulfide) groups is 1. The Kier molecular flexibility index (Phi) is 12.1. The van der Waals surface area contributed by atoms with Gasteiger partial charge in [0.1, 0.15) is 18.1 Å². The van der Waals surface area contributed by atoms with Crippen LogP contribution >= 0.6 is 11.8 Å². The number of nitrogens with two attached hydrogens (primary N) is 1. The number of nitrogens with one attached hydrogen (secondary N) is 4. The van der Waals surface area contributed by atoms with Gasteiger partial charge in [-0.2, -0.15) is 11.8 Å². The first-order valence-electron chi connectivity index (χ1n) is 12.9. The van der Waals surface area contributed by atoms with Gasteiger partial charge in [0.25, 0.3) is 0 Å². The molecule has 1 aromatic carbocycles. The number of benzene rings is 1. The summed E-state index contributed by atoms with van der Waals surface area (Å²) in [5, 5.41) is 18.7. The molecule has 4 unspecified atom stereocenters. The van der Waals surface area contributed by atoms with Crippen LogP contribution in [0.15, 0.2) is 30.5 Å². The van der Waals surface area contributed by atoms with Gasteiger partial charge in [-0.1, -0.05) is 45.9 Å². The van der Waals surface area contributed by atoms with Crippen LogP contribution in [-0.2, 0) is 25.6 Å². The quantitative estimate of drug-likeness (QED) is 0.198. The second-order valence-corrected chi connectivity index (χ2v) is 11.3. The van der Waals surface area contributed by atoms with Crippen molar-refractivity contribution in [2.75, 3.05) is 12.0 Å². The Morgan fingerprint density at radius 3 is 2.24 bits per heavy atom. The second kappa shape index (κ2) is 14.8. The van der Waals surface area contributed by atoms with Crippen LogP contribution in [0.3, 0.4) is 0 Å². The predicted molar refractivity (Wildman–Crippen MR) is 151 cm³/mol. The lowest BCUT2D eigenvalue weighted by Crippen LogP contribution is -2.58. The third-order valence-corrected chi connectivity index (χ3v) is 6.91. The van der Waals surface area contributed by atoms with Gasteiger partial charge >= 0.3 is 5.97 Å². The number of carbonyl (C=O) groups excluding carboxylic acids is 3. The summed E-state index contributed by atoms with van der Waals surface area (Å²) in [5.41, 5.74) is 7.63. The summed E-state index contributed by atoms with van der Waals surface area (Å²) in [6, 6.07) is 3.70. The lowest BCUT2D eigenvalue weighted by molar-refractivity contribution is -0.142. The maximum atomic E-state index is 13.2. The zero-order chi connectivity index (χ0) is 28.4. The highest BCUT2D eigenvalue weighted by molar-refractivity contribution is 7.98. The van der Waals surface area contributed by atoms with Crippen molar-refractivity contribution < 1.29 is 24.3 Å². The van der Waals surface area contributed by atoms with Crippen LogP contribution in [0.2, 0.25) is 0 Å². The van der Waals surface area contributed by atoms with Crippen LogP contribution in [0.1, 0.15) is 46.1 Å². The van der Waals surface area contributed by atoms with Gasteiger partial charge in [0.15, 0.2) is 0 Å². The number of aromatic nitrogens is 1. The van der Waals surface area contributed by atoms with E-state index in [1.54, 1.807) is 20.0 Å². The molecule has 0 aliphatic carbocycles. The van der Waals surface area contributed by atoms with Gasteiger partial charge in [-0.05, 0) is 48.3 Å². The summed E-state index contributed by atoms with van der Waals surface area (Å²) >= 11 is 1.53. The van der Waals surface area contributed by atoms with Crippen molar-refractivity contribution in [2.45, 2.75) is 71.1 Å². The van der Waals surface area contributed by atoms with Crippen molar-refractivity contribution in [1.82, 2.24) is 20.9 Å². The van der Waals surface area contributed by atoms with E-state index in [1.165, 1.54) is 11.8 Å². The number of hydrogen-bond donors (Lipinski definition) is 6. The molecular formula is C27H41N5O5S. The highest BCUT2D eigenvalue weighted by Gasteiger charge is 2.32. The zero-order valence-corrected chi connectivity index (χ0v) is 23.6. The summed E-state index contributed by atoms with van der Waals surface area (Å²) in [5.74, 6) is -2.22. The number of carboxylic acid groups (broad SMARTS) is 1. The highest BCUT2D eigenvalue weighted by atomic mass is 32.2. The van der Waals surface area contributed by atoms with Crippen LogP contribution in [0.25, 0.3) is 10.9 Å². The Bertz CT molecular complexity index is 1100. The summed E-state index contributed by atoms with van der Waals surface area (Å²) < 4.78 is 0. The van der Waals surface area contributed by atoms with E-state index in [0.717, 1.165) is 16.5 Å². The summed E-state index contributed by atoms with van der Waals surface area (Å²) in [7, 11) is 0. The average Bonchev–Trinajstić information content (AvgIpc) is 3.26. The number of para-hydroxylation sites is 1. The fraction of sp³-hybridized carbons (Fsp3) is 0.556. The van der Waals surface area contributed by atoms with E-state index in [4.69, 9.17) is 5.73 Å². The van der Waals surface area contributed by atoms with Crippen LogP contribution in [0.5, 0.6) is 0 Å². The molecule has 2 rings (SSSR count). The third-order valence-electron chi connectivity index (χ3n) is 6.27. The Hall–Kier alpha value is -3.05. The van der Waals surface area contributed by atoms with Gasteiger partial charge in [0, 0.05) is 23.5 Å². The summed E-state index contributed by atoms with van der Waals surface area (Å²) in [4.78, 5) is 54.1. The molecule has 0 saturated heterocycles. The van der Waals surface area contributed by atoms with E-state index >= 15 is 0 Å². The normalized spacial score (nSPS) is 14.6. The molecule has 1 heterocycles. The number of fused-ring (bicyclic) bond motifs is 1. The minimum atomic E-state index is -1.19. The largest absolute Gasteiger partial charge is 0.480 e. The number of hydrogen-bond acceptors (Lipinski definition) is 6. The SMILES string of the molecule is CSCCC(NC(=O)C(N)CC(C)C)C(=O)NC(C(=O)NC(Cc1c[nH]c2ccccc12)C(=O)O)C(C)C. The number of carboxylic acids is 1. The van der Waals surface area contributed by atoms with Crippen molar-refractivity contribution in [1.29, 1.82) is 0 Å². The molecule has 3 amide bonds. The summed E-state index contributed by atoms with van der Waals surface area (Å²) in [6.07, 6.45) is 4.54. The molecule has 0 saturated carbocycles. The van der Waals surface area contributed by atoms with E-state index in [-0.39, 0.29) is 18.3 Å². The topological polar surface area (TPSA) is 166 Å². The second-order valence-electron chi connectivity index (χ2n) is 10.3. The maximum absolute atomic E-state index is 13.2. The number of rotatable bonds is 15. The lowest BCUT2D eigenvalue weighted by Gasteiger charge is -2.27. The van der Waals surface area contributed by atoms with Crippen LogP contribution < -0.4 is 21.7 Å². The molecule has 1 aromatic heterocycles. The van der Waals surface area contributed by atoms with E-state index < -0.39 is 47.9 Å². The van der Waals surface area contributed by atoms with E-state index in [0.29, 0.717) is 18.6 Å². The van der Waals surface area contributed by atoms with Crippen LogP contribution in [0, 0.1) is 11.8 Å². The van der Waals surface area contributed by atoms with E-state index in [2.05, 4.69) is 20.9 Å². The molecule has 0 fully saturated rings. The van der Waals surface area contributed by atoms with Crippen molar-refractivity contribution >= 4 is 46.4 Å². The Morgan fingerprint density at radius 2 is 1.63 bits per heavy atom. The highest BCUT2D eigenvalue weighted by Crippen LogP contribution is 2.19. The molecular weight excluding hydrogens is 506 g/mol. The fourth-order valence-electron chi connectivity index (χ4n) is 4.17. The fourth-order valence-corrected chi connectivity index (χ4v) is 4.64. The Morgan fingerprint density at radius 1 is 0.974 bits per heavy atom. The number of aromatic amines is 1. The van der Waals surface area contributed by atoms with Crippen molar-refractivity contribution in [2.24, 2.45) is 17.6 Å². The first-order chi connectivity index (χ1) is 17.9. The monoisotopic (exact) mass is 547 g/mol. The molecule has 7 N–H and O–H groups in total. The molecule has 0 aliphatic rings.